The van der Waals surface area contributed by atoms with Gasteiger partial charge in [0, 0.05) is 43.2 Å². The number of aliphatic carboxylic acids is 2. The second kappa shape index (κ2) is 15.8. The van der Waals surface area contributed by atoms with Crippen LogP contribution in [0.5, 0.6) is 0 Å². The third-order valence-electron chi connectivity index (χ3n) is 6.01. The van der Waals surface area contributed by atoms with Gasteiger partial charge in [-0.1, -0.05) is 50.1 Å². The first-order valence-electron chi connectivity index (χ1n) is 12.8. The van der Waals surface area contributed by atoms with Crippen molar-refractivity contribution < 1.29 is 29.4 Å². The summed E-state index contributed by atoms with van der Waals surface area (Å²) in [5.41, 5.74) is 6.95. The molecule has 1 aromatic carbocycles. The maximum Gasteiger partial charge on any atom is 0.305 e. The Labute approximate surface area is 227 Å². The van der Waals surface area contributed by atoms with Crippen molar-refractivity contribution in [3.63, 3.8) is 0 Å². The van der Waals surface area contributed by atoms with Crippen LogP contribution in [0.3, 0.4) is 0 Å². The Kier molecular flexibility index (Phi) is 12.8. The molecule has 2 amide bonds. The normalized spacial score (nSPS) is 18.5. The van der Waals surface area contributed by atoms with Crippen LogP contribution in [0, 0.1) is 0 Å². The van der Waals surface area contributed by atoms with E-state index in [0.29, 0.717) is 35.8 Å². The summed E-state index contributed by atoms with van der Waals surface area (Å²) >= 11 is 1.22. The minimum Gasteiger partial charge on any atom is -0.481 e. The number of benzene rings is 1. The summed E-state index contributed by atoms with van der Waals surface area (Å²) in [6, 6.07) is 6.32. The minimum absolute atomic E-state index is 0.0155. The second-order valence-corrected chi connectivity index (χ2v) is 10.1. The Hall–Kier alpha value is -3.41. The van der Waals surface area contributed by atoms with E-state index >= 15 is 0 Å². The number of nitrogens with one attached hydrogen (secondary N) is 1. The second-order valence-electron chi connectivity index (χ2n) is 9.01. The summed E-state index contributed by atoms with van der Waals surface area (Å²) in [7, 11) is 0. The number of aliphatic imine (C=N–C) groups is 2. The average molecular weight is 548 g/mol. The number of carboxylic acid groups (broad SMARTS) is 2. The van der Waals surface area contributed by atoms with Crippen molar-refractivity contribution in [2.45, 2.75) is 70.1 Å². The standard InChI is InChI=1S/C26H37N5O6S/c1-3-4-5-6-16-31-17(2)22(25(37)29-15-13-21(34)35)38-26(31)30-24(36)19-11-9-18(10-12-19)23(27)28-14-7-8-20(32)33/h9-12,17,22H,3-8,13-16H2,1-2H3,(H2,27,28)(H,29,37)(H,32,33)(H,34,35). The van der Waals surface area contributed by atoms with Gasteiger partial charge in [-0.15, -0.1) is 0 Å². The zero-order valence-corrected chi connectivity index (χ0v) is 22.7. The molecular formula is C26H37N5O6S. The van der Waals surface area contributed by atoms with Gasteiger partial charge in [0.25, 0.3) is 5.91 Å². The number of amidine groups is 2. The van der Waals surface area contributed by atoms with Crippen molar-refractivity contribution in [3.8, 4) is 0 Å². The van der Waals surface area contributed by atoms with E-state index in [1.807, 2.05) is 11.8 Å². The van der Waals surface area contributed by atoms with Crippen LogP contribution in [0.4, 0.5) is 0 Å². The number of hydrogen-bond acceptors (Lipinski definition) is 6. The van der Waals surface area contributed by atoms with Crippen LogP contribution in [0.15, 0.2) is 34.3 Å². The first-order chi connectivity index (χ1) is 18.1. The Balaban J connectivity index is 2.13. The van der Waals surface area contributed by atoms with Crippen molar-refractivity contribution in [2.24, 2.45) is 15.7 Å². The van der Waals surface area contributed by atoms with E-state index in [9.17, 15) is 19.2 Å². The monoisotopic (exact) mass is 547 g/mol. The molecule has 12 heteroatoms. The highest BCUT2D eigenvalue weighted by atomic mass is 32.2. The predicted molar refractivity (Wildman–Crippen MR) is 148 cm³/mol. The number of thioether (sulfide) groups is 1. The van der Waals surface area contributed by atoms with Crippen molar-refractivity contribution in [3.05, 3.63) is 35.4 Å². The van der Waals surface area contributed by atoms with Crippen molar-refractivity contribution in [1.29, 1.82) is 0 Å². The molecule has 1 aromatic rings. The maximum atomic E-state index is 13.0. The fourth-order valence-electron chi connectivity index (χ4n) is 3.84. The largest absolute Gasteiger partial charge is 0.481 e. The Bertz CT molecular complexity index is 1040. The fourth-order valence-corrected chi connectivity index (χ4v) is 5.13. The zero-order valence-electron chi connectivity index (χ0n) is 21.9. The van der Waals surface area contributed by atoms with Crippen LogP contribution in [-0.4, -0.2) is 80.8 Å². The van der Waals surface area contributed by atoms with E-state index in [0.717, 1.165) is 25.7 Å². The lowest BCUT2D eigenvalue weighted by molar-refractivity contribution is -0.138. The lowest BCUT2D eigenvalue weighted by atomic mass is 10.1. The number of rotatable bonds is 15. The molecule has 38 heavy (non-hydrogen) atoms. The molecule has 0 spiro atoms. The summed E-state index contributed by atoms with van der Waals surface area (Å²) in [5.74, 6) is -2.34. The molecule has 1 saturated heterocycles. The Morgan fingerprint density at radius 1 is 1.00 bits per heavy atom. The van der Waals surface area contributed by atoms with Crippen molar-refractivity contribution in [2.75, 3.05) is 19.6 Å². The van der Waals surface area contributed by atoms with E-state index in [2.05, 4.69) is 22.2 Å². The predicted octanol–water partition coefficient (Wildman–Crippen LogP) is 2.73. The number of hydrogen-bond donors (Lipinski definition) is 4. The zero-order chi connectivity index (χ0) is 28.1. The molecule has 208 valence electrons. The molecule has 0 aromatic heterocycles. The molecule has 0 aliphatic carbocycles. The number of carbonyl (C=O) groups excluding carboxylic acids is 2. The highest BCUT2D eigenvalue weighted by Crippen LogP contribution is 2.32. The van der Waals surface area contributed by atoms with Crippen LogP contribution in [0.2, 0.25) is 0 Å². The van der Waals surface area contributed by atoms with E-state index in [-0.39, 0.29) is 37.2 Å². The molecule has 2 unspecified atom stereocenters. The molecule has 1 aliphatic heterocycles. The lowest BCUT2D eigenvalue weighted by Crippen LogP contribution is -2.43. The van der Waals surface area contributed by atoms with E-state index in [1.54, 1.807) is 24.3 Å². The van der Waals surface area contributed by atoms with Gasteiger partial charge in [-0.3, -0.25) is 24.2 Å². The van der Waals surface area contributed by atoms with E-state index in [4.69, 9.17) is 15.9 Å². The number of amides is 2. The van der Waals surface area contributed by atoms with E-state index < -0.39 is 23.1 Å². The molecule has 1 heterocycles. The van der Waals surface area contributed by atoms with Crippen LogP contribution < -0.4 is 11.1 Å². The molecule has 1 fully saturated rings. The van der Waals surface area contributed by atoms with Gasteiger partial charge in [0.2, 0.25) is 5.91 Å². The molecule has 2 atom stereocenters. The number of nitrogens with two attached hydrogens (primary N) is 1. The van der Waals surface area contributed by atoms with Gasteiger partial charge in [0.1, 0.15) is 11.1 Å². The number of unbranched alkanes of at least 4 members (excludes halogenated alkanes) is 3. The number of carboxylic acids is 2. The van der Waals surface area contributed by atoms with Gasteiger partial charge in [-0.25, -0.2) is 0 Å². The lowest BCUT2D eigenvalue weighted by Gasteiger charge is -2.25. The van der Waals surface area contributed by atoms with Crippen LogP contribution in [0.1, 0.15) is 74.7 Å². The molecule has 1 aliphatic rings. The smallest absolute Gasteiger partial charge is 0.305 e. The van der Waals surface area contributed by atoms with Gasteiger partial charge in [-0.2, -0.15) is 4.99 Å². The van der Waals surface area contributed by atoms with Crippen LogP contribution >= 0.6 is 11.8 Å². The Morgan fingerprint density at radius 2 is 1.66 bits per heavy atom. The molecular weight excluding hydrogens is 510 g/mol. The molecule has 5 N–H and O–H groups in total. The quantitative estimate of drug-likeness (QED) is 0.146. The van der Waals surface area contributed by atoms with Gasteiger partial charge >= 0.3 is 11.9 Å². The SMILES string of the molecule is CCCCCCN1C(=NC(=O)c2ccc(C(N)=NCCCC(=O)O)cc2)SC(C(=O)NCCC(=O)O)C1C. The maximum absolute atomic E-state index is 13.0. The summed E-state index contributed by atoms with van der Waals surface area (Å²) in [5, 5.41) is 20.2. The molecule has 0 bridgehead atoms. The summed E-state index contributed by atoms with van der Waals surface area (Å²) < 4.78 is 0. The van der Waals surface area contributed by atoms with Crippen molar-refractivity contribution in [1.82, 2.24) is 10.2 Å². The van der Waals surface area contributed by atoms with Crippen LogP contribution in [0.25, 0.3) is 0 Å². The summed E-state index contributed by atoms with van der Waals surface area (Å²) in [6.45, 7) is 5.03. The topological polar surface area (TPSA) is 175 Å². The third kappa shape index (κ3) is 9.81. The molecule has 0 saturated carbocycles. The molecule has 2 rings (SSSR count). The average Bonchev–Trinajstić information content (AvgIpc) is 3.18. The summed E-state index contributed by atoms with van der Waals surface area (Å²) in [4.78, 5) is 57.6. The van der Waals surface area contributed by atoms with Gasteiger partial charge in [0.15, 0.2) is 5.17 Å². The van der Waals surface area contributed by atoms with Gasteiger partial charge < -0.3 is 26.2 Å². The molecule has 0 radical (unpaired) electrons. The number of carbonyl (C=O) groups is 4. The van der Waals surface area contributed by atoms with E-state index in [1.165, 1.54) is 11.8 Å². The highest BCUT2D eigenvalue weighted by molar-refractivity contribution is 8.15. The molecule has 11 nitrogen and oxygen atoms in total. The first-order valence-corrected chi connectivity index (χ1v) is 13.7. The van der Waals surface area contributed by atoms with Crippen molar-refractivity contribution >= 4 is 46.5 Å². The Morgan fingerprint density at radius 3 is 2.29 bits per heavy atom. The fraction of sp³-hybridized carbons (Fsp3) is 0.538. The first kappa shape index (κ1) is 30.8. The van der Waals surface area contributed by atoms with Gasteiger partial charge in [0.05, 0.1) is 6.42 Å². The third-order valence-corrected chi connectivity index (χ3v) is 7.41. The minimum atomic E-state index is -0.986. The number of nitrogens with zero attached hydrogens (tertiary/aromatic N) is 3. The van der Waals surface area contributed by atoms with Gasteiger partial charge in [-0.05, 0) is 31.9 Å². The highest BCUT2D eigenvalue weighted by Gasteiger charge is 2.40. The van der Waals surface area contributed by atoms with Crippen LogP contribution in [-0.2, 0) is 14.4 Å². The summed E-state index contributed by atoms with van der Waals surface area (Å²) in [6.07, 6.45) is 4.35.